The van der Waals surface area contributed by atoms with Crippen molar-refractivity contribution in [1.29, 1.82) is 0 Å². The molecule has 0 radical (unpaired) electrons. The molecule has 14 heavy (non-hydrogen) atoms. The summed E-state index contributed by atoms with van der Waals surface area (Å²) in [5, 5.41) is 1.67. The van der Waals surface area contributed by atoms with Crippen molar-refractivity contribution in [3.05, 3.63) is 29.4 Å². The number of nitrogens with zero attached hydrogens (tertiary/aromatic N) is 1. The van der Waals surface area contributed by atoms with Crippen LogP contribution in [0, 0.1) is 0 Å². The fourth-order valence-corrected chi connectivity index (χ4v) is 1.78. The molecule has 0 saturated carbocycles. The highest BCUT2D eigenvalue weighted by Crippen LogP contribution is 2.28. The summed E-state index contributed by atoms with van der Waals surface area (Å²) in [6.45, 7) is 0.480. The molecule has 0 saturated heterocycles. The number of fused-ring (bicyclic) bond motifs is 1. The average molecular weight is 211 g/mol. The van der Waals surface area contributed by atoms with Gasteiger partial charge < -0.3 is 15.0 Å². The van der Waals surface area contributed by atoms with Crippen LogP contribution in [0.1, 0.15) is 0 Å². The Morgan fingerprint density at radius 3 is 2.93 bits per heavy atom. The van der Waals surface area contributed by atoms with Crippen molar-refractivity contribution in [3.63, 3.8) is 0 Å². The number of rotatable bonds is 2. The zero-order chi connectivity index (χ0) is 10.1. The molecule has 3 nitrogen and oxygen atoms in total. The highest BCUT2D eigenvalue weighted by atomic mass is 35.5. The van der Waals surface area contributed by atoms with Crippen LogP contribution in [0.15, 0.2) is 24.4 Å². The lowest BCUT2D eigenvalue weighted by Crippen LogP contribution is -1.99. The van der Waals surface area contributed by atoms with Crippen LogP contribution in [-0.2, 0) is 11.5 Å². The maximum Gasteiger partial charge on any atom is 0.122 e. The van der Waals surface area contributed by atoms with Gasteiger partial charge in [-0.2, -0.15) is 0 Å². The third-order valence-electron chi connectivity index (χ3n) is 2.17. The molecule has 0 fully saturated rings. The van der Waals surface area contributed by atoms with Crippen LogP contribution >= 0.6 is 11.6 Å². The van der Waals surface area contributed by atoms with Gasteiger partial charge in [0.15, 0.2) is 0 Å². The lowest BCUT2D eigenvalue weighted by Gasteiger charge is -2.06. The maximum atomic E-state index is 6.03. The summed E-state index contributed by atoms with van der Waals surface area (Å²) in [6.07, 6.45) is 1.91. The minimum absolute atomic E-state index is 0.480. The summed E-state index contributed by atoms with van der Waals surface area (Å²) in [7, 11) is 1.65. The lowest BCUT2D eigenvalue weighted by molar-refractivity contribution is 0.135. The van der Waals surface area contributed by atoms with Gasteiger partial charge in [0, 0.05) is 18.7 Å². The van der Waals surface area contributed by atoms with E-state index in [1.54, 1.807) is 19.2 Å². The number of anilines is 1. The highest BCUT2D eigenvalue weighted by molar-refractivity contribution is 6.35. The second-order valence-corrected chi connectivity index (χ2v) is 3.51. The zero-order valence-corrected chi connectivity index (χ0v) is 8.58. The molecular formula is C10H11ClN2O. The van der Waals surface area contributed by atoms with Crippen LogP contribution in [0.3, 0.4) is 0 Å². The monoisotopic (exact) mass is 210 g/mol. The molecule has 4 heteroatoms. The number of hydrogen-bond acceptors (Lipinski definition) is 2. The smallest absolute Gasteiger partial charge is 0.122 e. The van der Waals surface area contributed by atoms with E-state index < -0.39 is 0 Å². The number of nitrogen functional groups attached to an aromatic ring is 1. The number of hydrogen-bond donors (Lipinski definition) is 1. The molecule has 0 amide bonds. The molecule has 0 bridgehead atoms. The van der Waals surface area contributed by atoms with Gasteiger partial charge in [0.25, 0.3) is 0 Å². The largest absolute Gasteiger partial charge is 0.397 e. The van der Waals surface area contributed by atoms with Gasteiger partial charge in [0.05, 0.1) is 16.2 Å². The predicted octanol–water partition coefficient (Wildman–Crippen LogP) is 2.48. The van der Waals surface area contributed by atoms with Crippen molar-refractivity contribution < 1.29 is 4.74 Å². The highest BCUT2D eigenvalue weighted by Gasteiger charge is 2.07. The van der Waals surface area contributed by atoms with Crippen LogP contribution < -0.4 is 5.73 Å². The van der Waals surface area contributed by atoms with E-state index in [9.17, 15) is 0 Å². The van der Waals surface area contributed by atoms with Crippen LogP contribution in [0.2, 0.25) is 5.02 Å². The Labute approximate surface area is 87.0 Å². The van der Waals surface area contributed by atoms with Crippen molar-refractivity contribution in [1.82, 2.24) is 4.57 Å². The first-order chi connectivity index (χ1) is 6.74. The van der Waals surface area contributed by atoms with E-state index >= 15 is 0 Å². The quantitative estimate of drug-likeness (QED) is 0.774. The summed E-state index contributed by atoms with van der Waals surface area (Å²) in [5.41, 5.74) is 7.51. The molecule has 0 spiro atoms. The Bertz CT molecular complexity index is 464. The van der Waals surface area contributed by atoms with E-state index in [0.29, 0.717) is 17.4 Å². The van der Waals surface area contributed by atoms with Gasteiger partial charge in [-0.05, 0) is 18.2 Å². The van der Waals surface area contributed by atoms with E-state index in [0.717, 1.165) is 10.9 Å². The number of benzene rings is 1. The normalized spacial score (nSPS) is 11.0. The van der Waals surface area contributed by atoms with Gasteiger partial charge >= 0.3 is 0 Å². The van der Waals surface area contributed by atoms with Gasteiger partial charge in [-0.25, -0.2) is 0 Å². The van der Waals surface area contributed by atoms with Crippen molar-refractivity contribution in [3.8, 4) is 0 Å². The van der Waals surface area contributed by atoms with Crippen LogP contribution in [0.4, 0.5) is 5.69 Å². The van der Waals surface area contributed by atoms with Crippen LogP contribution in [-0.4, -0.2) is 11.7 Å². The molecule has 2 rings (SSSR count). The second kappa shape index (κ2) is 3.52. The van der Waals surface area contributed by atoms with Crippen molar-refractivity contribution >= 4 is 28.2 Å². The van der Waals surface area contributed by atoms with Crippen molar-refractivity contribution in [2.45, 2.75) is 6.73 Å². The lowest BCUT2D eigenvalue weighted by atomic mass is 10.2. The maximum absolute atomic E-state index is 6.03. The third-order valence-corrected chi connectivity index (χ3v) is 2.50. The molecule has 1 aromatic heterocycles. The topological polar surface area (TPSA) is 40.2 Å². The molecule has 0 atom stereocenters. The van der Waals surface area contributed by atoms with Gasteiger partial charge in [-0.3, -0.25) is 0 Å². The molecule has 1 heterocycles. The fourth-order valence-electron chi connectivity index (χ4n) is 1.57. The number of methoxy groups -OCH3 is 1. The number of ether oxygens (including phenoxy) is 1. The summed E-state index contributed by atoms with van der Waals surface area (Å²) in [6, 6.07) is 5.54. The standard InChI is InChI=1S/C10H11ClN2O/c1-14-6-13-5-4-7-8(11)2-3-9(12)10(7)13/h2-5H,6,12H2,1H3. The SMILES string of the molecule is COCn1ccc2c(Cl)ccc(N)c21. The molecule has 1 aromatic carbocycles. The second-order valence-electron chi connectivity index (χ2n) is 3.10. The minimum atomic E-state index is 0.480. The van der Waals surface area contributed by atoms with E-state index in [4.69, 9.17) is 22.1 Å². The van der Waals surface area contributed by atoms with E-state index in [1.807, 2.05) is 16.8 Å². The summed E-state index contributed by atoms with van der Waals surface area (Å²) >= 11 is 6.03. The molecule has 0 aliphatic heterocycles. The first kappa shape index (κ1) is 9.37. The van der Waals surface area contributed by atoms with Gasteiger partial charge in [0.2, 0.25) is 0 Å². The summed E-state index contributed by atoms with van der Waals surface area (Å²) in [4.78, 5) is 0. The van der Waals surface area contributed by atoms with Gasteiger partial charge in [0.1, 0.15) is 6.73 Å². The number of nitrogens with two attached hydrogens (primary N) is 1. The molecule has 2 N–H and O–H groups in total. The third kappa shape index (κ3) is 1.35. The Morgan fingerprint density at radius 1 is 1.43 bits per heavy atom. The molecular weight excluding hydrogens is 200 g/mol. The van der Waals surface area contributed by atoms with E-state index in [2.05, 4.69) is 0 Å². The van der Waals surface area contributed by atoms with E-state index in [-0.39, 0.29) is 0 Å². The number of aromatic nitrogens is 1. The van der Waals surface area contributed by atoms with Gasteiger partial charge in [-0.1, -0.05) is 11.6 Å². The average Bonchev–Trinajstić information content (AvgIpc) is 2.58. The minimum Gasteiger partial charge on any atom is -0.397 e. The van der Waals surface area contributed by atoms with Crippen molar-refractivity contribution in [2.75, 3.05) is 12.8 Å². The Morgan fingerprint density at radius 2 is 2.21 bits per heavy atom. The summed E-state index contributed by atoms with van der Waals surface area (Å²) < 4.78 is 6.98. The Hall–Kier alpha value is -1.19. The molecule has 2 aromatic rings. The first-order valence-corrected chi connectivity index (χ1v) is 4.63. The molecule has 0 aliphatic rings. The fraction of sp³-hybridized carbons (Fsp3) is 0.200. The van der Waals surface area contributed by atoms with Crippen molar-refractivity contribution in [2.24, 2.45) is 0 Å². The first-order valence-electron chi connectivity index (χ1n) is 4.26. The Kier molecular flexibility index (Phi) is 2.35. The Balaban J connectivity index is 2.70. The zero-order valence-electron chi connectivity index (χ0n) is 7.83. The summed E-state index contributed by atoms with van der Waals surface area (Å²) in [5.74, 6) is 0. The molecule has 0 aliphatic carbocycles. The molecule has 0 unspecified atom stereocenters. The number of halogens is 1. The molecule has 74 valence electrons. The van der Waals surface area contributed by atoms with E-state index in [1.165, 1.54) is 0 Å². The van der Waals surface area contributed by atoms with Crippen LogP contribution in [0.5, 0.6) is 0 Å². The predicted molar refractivity (Wildman–Crippen MR) is 58.4 cm³/mol. The van der Waals surface area contributed by atoms with Gasteiger partial charge in [-0.15, -0.1) is 0 Å². The van der Waals surface area contributed by atoms with Crippen LogP contribution in [0.25, 0.3) is 10.9 Å².